The van der Waals surface area contributed by atoms with Crippen LogP contribution in [0.25, 0.3) is 0 Å². The van der Waals surface area contributed by atoms with Gasteiger partial charge in [-0.15, -0.1) is 0 Å². The van der Waals surface area contributed by atoms with E-state index in [4.69, 9.17) is 0 Å². The largest absolute Gasteiger partial charge is 0.289 e. The molecular weight excluding hydrogens is 944 g/mol. The average Bonchev–Trinajstić information content (AvgIpc) is 3.12. The van der Waals surface area contributed by atoms with E-state index in [9.17, 15) is 54.3 Å². The van der Waals surface area contributed by atoms with Crippen LogP contribution in [0.1, 0.15) is 55.3 Å². The van der Waals surface area contributed by atoms with E-state index in [1.54, 1.807) is 62.4 Å². The Kier molecular flexibility index (Phi) is 13.9. The third-order valence-electron chi connectivity index (χ3n) is 6.60. The number of carbonyl (C=O) groups excluding carboxylic acids is 4. The summed E-state index contributed by atoms with van der Waals surface area (Å²) in [5.74, 6) is -11.9. The molecule has 2 aliphatic carbocycles. The summed E-state index contributed by atoms with van der Waals surface area (Å²) >= 11 is 9.46. The normalized spacial score (nSPS) is 13.0. The van der Waals surface area contributed by atoms with Crippen molar-refractivity contribution in [3.8, 4) is 0 Å². The smallest absolute Gasteiger partial charge is 0.189 e. The zero-order chi connectivity index (χ0) is 37.8. The topological polar surface area (TPSA) is 68.3 Å². The Labute approximate surface area is 311 Å². The molecule has 0 bridgehead atoms. The summed E-state index contributed by atoms with van der Waals surface area (Å²) < 4.78 is 97.2. The Morgan fingerprint density at radius 1 is 0.380 bits per heavy atom. The average molecular weight is 960 g/mol. The van der Waals surface area contributed by atoms with Gasteiger partial charge in [0.15, 0.2) is 69.7 Å². The molecule has 0 heterocycles. The number of fused-ring (bicyclic) bond motifs is 2. The molecule has 4 aromatic carbocycles. The van der Waals surface area contributed by atoms with E-state index < -0.39 is 64.4 Å². The van der Waals surface area contributed by atoms with Gasteiger partial charge in [-0.3, -0.25) is 19.2 Å². The number of allylic oxidation sites excluding steroid dienone is 4. The standard InChI is InChI=1S/2C11H8O2.2C6Br2F4/c2*1-7-6-10(12)8-4-2-3-5-9(8)11(7)13;2*7-1-3(9)5(11)2(8)6(12)4(1)10/h2*2-6H,1H3;;. The van der Waals surface area contributed by atoms with Gasteiger partial charge in [-0.2, -0.15) is 0 Å². The van der Waals surface area contributed by atoms with Crippen molar-refractivity contribution in [3.63, 3.8) is 0 Å². The molecule has 0 fully saturated rings. The van der Waals surface area contributed by atoms with Gasteiger partial charge in [0.05, 0.1) is 17.9 Å². The minimum atomic E-state index is -1.46. The van der Waals surface area contributed by atoms with Gasteiger partial charge in [-0.1, -0.05) is 48.5 Å². The van der Waals surface area contributed by atoms with Crippen LogP contribution in [0.3, 0.4) is 0 Å². The predicted octanol–water partition coefficient (Wildman–Crippen LogP) is 11.6. The molecule has 260 valence electrons. The molecule has 0 saturated carbocycles. The van der Waals surface area contributed by atoms with E-state index >= 15 is 0 Å². The number of Topliss-reactive ketones (excluding diaryl/α,β-unsaturated/α-hetero) is 2. The highest BCUT2D eigenvalue weighted by Crippen LogP contribution is 2.32. The summed E-state index contributed by atoms with van der Waals surface area (Å²) in [6, 6.07) is 13.8. The first-order valence-corrected chi connectivity index (χ1v) is 16.6. The van der Waals surface area contributed by atoms with Crippen LogP contribution in [0.15, 0.2) is 89.7 Å². The van der Waals surface area contributed by atoms with Crippen molar-refractivity contribution < 1.29 is 54.3 Å². The molecule has 4 nitrogen and oxygen atoms in total. The SMILES string of the molecule is CC1=CC(=O)c2ccccc2C1=O.CC1=CC(=O)c2ccccc2C1=O.Fc1c(F)c(Br)c(F)c(F)c1Br.Fc1c(F)c(Br)c(F)c(F)c1Br. The molecule has 0 spiro atoms. The van der Waals surface area contributed by atoms with Crippen LogP contribution >= 0.6 is 63.7 Å². The molecule has 0 atom stereocenters. The van der Waals surface area contributed by atoms with Crippen molar-refractivity contribution in [2.45, 2.75) is 13.8 Å². The highest BCUT2D eigenvalue weighted by atomic mass is 79.9. The van der Waals surface area contributed by atoms with E-state index in [0.29, 0.717) is 33.4 Å². The Morgan fingerprint density at radius 3 is 0.800 bits per heavy atom. The molecular formula is C34H16Br4F8O4. The molecule has 0 saturated heterocycles. The van der Waals surface area contributed by atoms with E-state index in [1.807, 2.05) is 0 Å². The number of halogens is 12. The van der Waals surface area contributed by atoms with Gasteiger partial charge in [-0.05, 0) is 89.7 Å². The summed E-state index contributed by atoms with van der Waals surface area (Å²) in [5.41, 5.74) is 3.10. The lowest BCUT2D eigenvalue weighted by Gasteiger charge is -2.11. The summed E-state index contributed by atoms with van der Waals surface area (Å²) in [5, 5.41) is 0. The lowest BCUT2D eigenvalue weighted by molar-refractivity contribution is 0.0984. The summed E-state index contributed by atoms with van der Waals surface area (Å²) in [4.78, 5) is 45.9. The number of hydrogen-bond acceptors (Lipinski definition) is 4. The number of hydrogen-bond donors (Lipinski definition) is 0. The fourth-order valence-corrected chi connectivity index (χ4v) is 5.45. The minimum absolute atomic E-state index is 0.0461. The van der Waals surface area contributed by atoms with Gasteiger partial charge in [0.2, 0.25) is 0 Å². The summed E-state index contributed by atoms with van der Waals surface area (Å²) in [7, 11) is 0. The summed E-state index contributed by atoms with van der Waals surface area (Å²) in [6.07, 6.45) is 2.79. The second-order valence-corrected chi connectivity index (χ2v) is 13.1. The second kappa shape index (κ2) is 17.1. The van der Waals surface area contributed by atoms with E-state index in [1.165, 1.54) is 12.2 Å². The van der Waals surface area contributed by atoms with Crippen LogP contribution in [0.4, 0.5) is 35.1 Å². The highest BCUT2D eigenvalue weighted by molar-refractivity contribution is 9.11. The molecule has 0 aliphatic heterocycles. The van der Waals surface area contributed by atoms with Crippen molar-refractivity contribution in [2.75, 3.05) is 0 Å². The Bertz CT molecular complexity index is 1790. The van der Waals surface area contributed by atoms with Crippen molar-refractivity contribution >= 4 is 86.9 Å². The van der Waals surface area contributed by atoms with E-state index in [0.717, 1.165) is 0 Å². The maximum atomic E-state index is 12.6. The van der Waals surface area contributed by atoms with Crippen LogP contribution in [-0.4, -0.2) is 23.1 Å². The lowest BCUT2D eigenvalue weighted by atomic mass is 9.90. The van der Waals surface area contributed by atoms with Crippen LogP contribution in [0, 0.1) is 46.5 Å². The predicted molar refractivity (Wildman–Crippen MR) is 181 cm³/mol. The number of benzene rings is 4. The quantitative estimate of drug-likeness (QED) is 0.100. The van der Waals surface area contributed by atoms with Gasteiger partial charge in [-0.25, -0.2) is 35.1 Å². The third-order valence-corrected chi connectivity index (χ3v) is 9.38. The van der Waals surface area contributed by atoms with Crippen LogP contribution in [0.5, 0.6) is 0 Å². The van der Waals surface area contributed by atoms with Gasteiger partial charge >= 0.3 is 0 Å². The first-order chi connectivity index (χ1) is 23.3. The first-order valence-electron chi connectivity index (χ1n) is 13.4. The monoisotopic (exact) mass is 956 g/mol. The molecule has 4 aromatic rings. The minimum Gasteiger partial charge on any atom is -0.289 e. The zero-order valence-electron chi connectivity index (χ0n) is 24.9. The molecule has 6 rings (SSSR count). The summed E-state index contributed by atoms with van der Waals surface area (Å²) in [6.45, 7) is 3.33. The molecule has 0 N–H and O–H groups in total. The third kappa shape index (κ3) is 8.64. The van der Waals surface area contributed by atoms with Crippen molar-refractivity contribution in [2.24, 2.45) is 0 Å². The van der Waals surface area contributed by atoms with Gasteiger partial charge in [0.25, 0.3) is 0 Å². The molecule has 50 heavy (non-hydrogen) atoms. The number of rotatable bonds is 0. The molecule has 16 heteroatoms. The van der Waals surface area contributed by atoms with E-state index in [-0.39, 0.29) is 23.1 Å². The van der Waals surface area contributed by atoms with Crippen LogP contribution in [0.2, 0.25) is 0 Å². The van der Waals surface area contributed by atoms with Gasteiger partial charge in [0, 0.05) is 33.4 Å². The molecule has 2 aliphatic rings. The molecule has 0 amide bonds. The second-order valence-electron chi connectivity index (χ2n) is 9.90. The van der Waals surface area contributed by atoms with Gasteiger partial charge in [0.1, 0.15) is 0 Å². The van der Waals surface area contributed by atoms with Crippen molar-refractivity contribution in [1.82, 2.24) is 0 Å². The highest BCUT2D eigenvalue weighted by Gasteiger charge is 2.24. The maximum absolute atomic E-state index is 12.6. The molecule has 0 unspecified atom stereocenters. The fourth-order valence-electron chi connectivity index (χ4n) is 4.05. The first kappa shape index (κ1) is 40.8. The van der Waals surface area contributed by atoms with Crippen molar-refractivity contribution in [3.05, 3.63) is 159 Å². The van der Waals surface area contributed by atoms with Crippen LogP contribution in [-0.2, 0) is 0 Å². The Balaban J connectivity index is 0.000000180. The van der Waals surface area contributed by atoms with Crippen molar-refractivity contribution in [1.29, 1.82) is 0 Å². The number of carbonyl (C=O) groups is 4. The van der Waals surface area contributed by atoms with Crippen LogP contribution < -0.4 is 0 Å². The molecule has 0 radical (unpaired) electrons. The fraction of sp³-hybridized carbons (Fsp3) is 0.0588. The zero-order valence-corrected chi connectivity index (χ0v) is 31.3. The number of ketones is 4. The maximum Gasteiger partial charge on any atom is 0.189 e. The lowest BCUT2D eigenvalue weighted by Crippen LogP contribution is -2.14. The van der Waals surface area contributed by atoms with E-state index in [2.05, 4.69) is 63.7 Å². The van der Waals surface area contributed by atoms with Gasteiger partial charge < -0.3 is 0 Å². The Morgan fingerprint density at radius 2 is 0.580 bits per heavy atom. The molecule has 0 aromatic heterocycles. The Hall–Kier alpha value is -3.60.